The average Bonchev–Trinajstić information content (AvgIpc) is 2.85. The summed E-state index contributed by atoms with van der Waals surface area (Å²) in [4.78, 5) is 1.07. The summed E-state index contributed by atoms with van der Waals surface area (Å²) in [5.74, 6) is 0. The quantitative estimate of drug-likeness (QED) is 0.712. The van der Waals surface area contributed by atoms with Crippen molar-refractivity contribution in [1.29, 1.82) is 0 Å². The molecule has 1 nitrogen and oxygen atoms in total. The van der Waals surface area contributed by atoms with Gasteiger partial charge in [-0.2, -0.15) is 13.2 Å². The van der Waals surface area contributed by atoms with E-state index in [9.17, 15) is 13.2 Å². The third-order valence-electron chi connectivity index (χ3n) is 3.08. The molecule has 1 aromatic carbocycles. The maximum atomic E-state index is 12.6. The molecular weight excluding hydrogens is 363 g/mol. The van der Waals surface area contributed by atoms with Gasteiger partial charge >= 0.3 is 6.18 Å². The summed E-state index contributed by atoms with van der Waals surface area (Å²) >= 11 is 5.07. The van der Waals surface area contributed by atoms with Crippen LogP contribution in [0.15, 0.2) is 40.2 Å². The summed E-state index contributed by atoms with van der Waals surface area (Å²) < 4.78 is 38.9. The Balaban J connectivity index is 2.31. The van der Waals surface area contributed by atoms with E-state index in [1.54, 1.807) is 23.5 Å². The first-order chi connectivity index (χ1) is 9.93. The number of rotatable bonds is 5. The molecule has 0 aliphatic carbocycles. The van der Waals surface area contributed by atoms with Gasteiger partial charge in [0.05, 0.1) is 11.6 Å². The van der Waals surface area contributed by atoms with Crippen LogP contribution in [0.4, 0.5) is 13.2 Å². The Kier molecular flexibility index (Phi) is 5.46. The number of hydrogen-bond donors (Lipinski definition) is 1. The van der Waals surface area contributed by atoms with Gasteiger partial charge in [-0.25, -0.2) is 0 Å². The van der Waals surface area contributed by atoms with Crippen molar-refractivity contribution in [3.63, 3.8) is 0 Å². The van der Waals surface area contributed by atoms with Crippen molar-refractivity contribution in [3.8, 4) is 0 Å². The minimum atomic E-state index is -4.30. The molecule has 0 saturated heterocycles. The highest BCUT2D eigenvalue weighted by Crippen LogP contribution is 2.35. The van der Waals surface area contributed by atoms with Gasteiger partial charge < -0.3 is 5.32 Å². The van der Waals surface area contributed by atoms with Crippen LogP contribution in [0, 0.1) is 0 Å². The van der Waals surface area contributed by atoms with E-state index >= 15 is 0 Å². The normalized spacial score (nSPS) is 13.4. The monoisotopic (exact) mass is 377 g/mol. The lowest BCUT2D eigenvalue weighted by Crippen LogP contribution is -2.22. The molecule has 1 atom stereocenters. The molecule has 0 saturated carbocycles. The first-order valence-corrected chi connectivity index (χ1v) is 8.24. The lowest BCUT2D eigenvalue weighted by molar-refractivity contribution is -0.137. The van der Waals surface area contributed by atoms with Crippen LogP contribution in [0.2, 0.25) is 0 Å². The standard InChI is InChI=1S/C15H15BrF3NS/c1-2-8-20-13(14-12(16)7-9-21-14)10-3-5-11(6-4-10)15(17,18)19/h3-7,9,13,20H,2,8H2,1H3. The van der Waals surface area contributed by atoms with Gasteiger partial charge in [0, 0.05) is 9.35 Å². The Morgan fingerprint density at radius 1 is 1.19 bits per heavy atom. The zero-order valence-corrected chi connectivity index (χ0v) is 13.8. The van der Waals surface area contributed by atoms with Crippen molar-refractivity contribution >= 4 is 27.3 Å². The van der Waals surface area contributed by atoms with E-state index in [2.05, 4.69) is 28.2 Å². The fourth-order valence-corrected chi connectivity index (χ4v) is 3.73. The molecular formula is C15H15BrF3NS. The van der Waals surface area contributed by atoms with E-state index in [-0.39, 0.29) is 6.04 Å². The molecule has 0 bridgehead atoms. The van der Waals surface area contributed by atoms with Crippen LogP contribution in [0.3, 0.4) is 0 Å². The first kappa shape index (κ1) is 16.5. The van der Waals surface area contributed by atoms with Crippen molar-refractivity contribution in [2.24, 2.45) is 0 Å². The summed E-state index contributed by atoms with van der Waals surface area (Å²) in [6, 6.07) is 7.21. The predicted molar refractivity (Wildman–Crippen MR) is 83.6 cm³/mol. The molecule has 6 heteroatoms. The molecule has 0 spiro atoms. The highest BCUT2D eigenvalue weighted by molar-refractivity contribution is 9.10. The second-order valence-electron chi connectivity index (χ2n) is 4.64. The topological polar surface area (TPSA) is 12.0 Å². The molecule has 21 heavy (non-hydrogen) atoms. The number of halogens is 4. The van der Waals surface area contributed by atoms with Crippen molar-refractivity contribution < 1.29 is 13.2 Å². The Morgan fingerprint density at radius 3 is 2.33 bits per heavy atom. The third-order valence-corrected chi connectivity index (χ3v) is 5.01. The van der Waals surface area contributed by atoms with Crippen LogP contribution in [0.1, 0.15) is 35.4 Å². The summed E-state index contributed by atoms with van der Waals surface area (Å²) in [6.45, 7) is 2.86. The zero-order valence-electron chi connectivity index (χ0n) is 11.4. The maximum absolute atomic E-state index is 12.6. The molecule has 2 aromatic rings. The van der Waals surface area contributed by atoms with Gasteiger partial charge in [-0.1, -0.05) is 19.1 Å². The van der Waals surface area contributed by atoms with Gasteiger partial charge in [-0.3, -0.25) is 0 Å². The van der Waals surface area contributed by atoms with Crippen LogP contribution in [0.25, 0.3) is 0 Å². The van der Waals surface area contributed by atoms with Gasteiger partial charge in [-0.15, -0.1) is 11.3 Å². The lowest BCUT2D eigenvalue weighted by Gasteiger charge is -2.19. The van der Waals surface area contributed by atoms with Gasteiger partial charge in [-0.05, 0) is 58.0 Å². The SMILES string of the molecule is CCCNC(c1ccc(C(F)(F)F)cc1)c1sccc1Br. The predicted octanol–water partition coefficient (Wildman–Crippen LogP) is 5.62. The highest BCUT2D eigenvalue weighted by Gasteiger charge is 2.30. The van der Waals surface area contributed by atoms with Crippen LogP contribution in [0.5, 0.6) is 0 Å². The molecule has 2 rings (SSSR count). The Bertz CT molecular complexity index is 577. The number of thiophene rings is 1. The van der Waals surface area contributed by atoms with E-state index in [4.69, 9.17) is 0 Å². The van der Waals surface area contributed by atoms with Crippen molar-refractivity contribution in [1.82, 2.24) is 5.32 Å². The van der Waals surface area contributed by atoms with Gasteiger partial charge in [0.15, 0.2) is 0 Å². The van der Waals surface area contributed by atoms with Crippen molar-refractivity contribution in [2.45, 2.75) is 25.6 Å². The summed E-state index contributed by atoms with van der Waals surface area (Å²) in [5, 5.41) is 5.35. The Labute approximate surface area is 134 Å². The molecule has 0 aliphatic heterocycles. The fourth-order valence-electron chi connectivity index (χ4n) is 2.03. The van der Waals surface area contributed by atoms with E-state index < -0.39 is 11.7 Å². The van der Waals surface area contributed by atoms with Crippen molar-refractivity contribution in [2.75, 3.05) is 6.54 Å². The third kappa shape index (κ3) is 4.08. The maximum Gasteiger partial charge on any atom is 0.416 e. The minimum Gasteiger partial charge on any atom is -0.306 e. The summed E-state index contributed by atoms with van der Waals surface area (Å²) in [7, 11) is 0. The number of hydrogen-bond acceptors (Lipinski definition) is 2. The molecule has 0 aliphatic rings. The first-order valence-electron chi connectivity index (χ1n) is 6.57. The zero-order chi connectivity index (χ0) is 15.5. The van der Waals surface area contributed by atoms with Crippen LogP contribution < -0.4 is 5.32 Å². The Hall–Kier alpha value is -0.850. The molecule has 114 valence electrons. The molecule has 1 unspecified atom stereocenters. The summed E-state index contributed by atoms with van der Waals surface area (Å²) in [6.07, 6.45) is -3.34. The number of nitrogens with one attached hydrogen (secondary N) is 1. The second kappa shape index (κ2) is 6.94. The van der Waals surface area contributed by atoms with E-state index in [1.807, 2.05) is 11.4 Å². The average molecular weight is 378 g/mol. The number of alkyl halides is 3. The molecule has 0 radical (unpaired) electrons. The molecule has 0 amide bonds. The fraction of sp³-hybridized carbons (Fsp3) is 0.333. The van der Waals surface area contributed by atoms with E-state index in [0.29, 0.717) is 0 Å². The van der Waals surface area contributed by atoms with Gasteiger partial charge in [0.1, 0.15) is 0 Å². The number of benzene rings is 1. The van der Waals surface area contributed by atoms with Gasteiger partial charge in [0.2, 0.25) is 0 Å². The van der Waals surface area contributed by atoms with E-state index in [0.717, 1.165) is 40.0 Å². The minimum absolute atomic E-state index is 0.0957. The molecule has 1 aromatic heterocycles. The molecule has 1 N–H and O–H groups in total. The highest BCUT2D eigenvalue weighted by atomic mass is 79.9. The van der Waals surface area contributed by atoms with Crippen LogP contribution in [-0.2, 0) is 6.18 Å². The van der Waals surface area contributed by atoms with Crippen LogP contribution in [-0.4, -0.2) is 6.54 Å². The lowest BCUT2D eigenvalue weighted by atomic mass is 10.0. The van der Waals surface area contributed by atoms with Crippen molar-refractivity contribution in [3.05, 3.63) is 56.2 Å². The Morgan fingerprint density at radius 2 is 1.86 bits per heavy atom. The smallest absolute Gasteiger partial charge is 0.306 e. The van der Waals surface area contributed by atoms with E-state index in [1.165, 1.54) is 0 Å². The largest absolute Gasteiger partial charge is 0.416 e. The van der Waals surface area contributed by atoms with Crippen LogP contribution >= 0.6 is 27.3 Å². The second-order valence-corrected chi connectivity index (χ2v) is 6.44. The molecule has 0 fully saturated rings. The molecule has 1 heterocycles. The van der Waals surface area contributed by atoms with Gasteiger partial charge in [0.25, 0.3) is 0 Å². The summed E-state index contributed by atoms with van der Waals surface area (Å²) in [5.41, 5.74) is 0.213.